The third kappa shape index (κ3) is 5.11. The summed E-state index contributed by atoms with van der Waals surface area (Å²) in [6, 6.07) is 6.39. The first-order valence-corrected chi connectivity index (χ1v) is 13.2. The number of imidazole rings is 2. The van der Waals surface area contributed by atoms with Crippen molar-refractivity contribution in [2.24, 2.45) is 0 Å². The van der Waals surface area contributed by atoms with Crippen molar-refractivity contribution in [3.63, 3.8) is 0 Å². The Morgan fingerprint density at radius 3 is 2.46 bits per heavy atom. The number of carbonyl (C=O) groups excluding carboxylic acids is 1. The van der Waals surface area contributed by atoms with Crippen molar-refractivity contribution in [3.05, 3.63) is 89.5 Å². The molecule has 0 unspecified atom stereocenters. The number of halogens is 1. The number of aryl methyl sites for hydroxylation is 2. The van der Waals surface area contributed by atoms with Crippen molar-refractivity contribution in [1.29, 1.82) is 0 Å². The number of anilines is 1. The lowest BCUT2D eigenvalue weighted by molar-refractivity contribution is 0.0951. The van der Waals surface area contributed by atoms with Crippen LogP contribution in [-0.4, -0.2) is 49.8 Å². The minimum atomic E-state index is -0.650. The zero-order valence-electron chi connectivity index (χ0n) is 22.3. The van der Waals surface area contributed by atoms with Crippen molar-refractivity contribution in [2.75, 3.05) is 25.5 Å². The standard InChI is InChI=1S/C29H28FN7O4/c1-40-19-4-5-23-24(14-19)41-28-25(33-6-2-10-35-12-8-31-17-35)22(30)15-20-26(28)37(23)16-21(27(20)38)29(39)34-7-3-11-36-13-9-32-18-36/h4-5,8-9,12-18,33H,2-3,6-7,10-11H2,1H3,(H,34,39). The van der Waals surface area contributed by atoms with Crippen LogP contribution < -0.4 is 25.5 Å². The van der Waals surface area contributed by atoms with Crippen molar-refractivity contribution >= 4 is 22.5 Å². The molecule has 1 aliphatic heterocycles. The Kier molecular flexibility index (Phi) is 7.11. The number of fused-ring (bicyclic) bond motifs is 2. The maximum Gasteiger partial charge on any atom is 0.256 e. The number of aromatic nitrogens is 5. The fourth-order valence-electron chi connectivity index (χ4n) is 4.93. The predicted octanol–water partition coefficient (Wildman–Crippen LogP) is 3.96. The maximum atomic E-state index is 15.6. The van der Waals surface area contributed by atoms with E-state index in [1.165, 1.54) is 19.4 Å². The van der Waals surface area contributed by atoms with Gasteiger partial charge in [-0.05, 0) is 31.0 Å². The van der Waals surface area contributed by atoms with Crippen LogP contribution in [0.1, 0.15) is 23.2 Å². The molecule has 2 N–H and O–H groups in total. The van der Waals surface area contributed by atoms with Gasteiger partial charge in [-0.25, -0.2) is 14.4 Å². The average molecular weight is 558 g/mol. The summed E-state index contributed by atoms with van der Waals surface area (Å²) in [6.07, 6.45) is 13.4. The number of pyridine rings is 1. The Balaban J connectivity index is 1.35. The van der Waals surface area contributed by atoms with Crippen molar-refractivity contribution < 1.29 is 18.7 Å². The number of nitrogens with zero attached hydrogens (tertiary/aromatic N) is 5. The number of benzene rings is 2. The minimum absolute atomic E-state index is 0.0500. The number of amides is 1. The highest BCUT2D eigenvalue weighted by atomic mass is 19.1. The lowest BCUT2D eigenvalue weighted by Crippen LogP contribution is -2.31. The Labute approximate surface area is 234 Å². The van der Waals surface area contributed by atoms with Gasteiger partial charge in [-0.2, -0.15) is 0 Å². The van der Waals surface area contributed by atoms with E-state index in [-0.39, 0.29) is 22.4 Å². The lowest BCUT2D eigenvalue weighted by atomic mass is 10.1. The van der Waals surface area contributed by atoms with Gasteiger partial charge in [-0.1, -0.05) is 0 Å². The Hall–Kier alpha value is -5.13. The lowest BCUT2D eigenvalue weighted by Gasteiger charge is -2.26. The molecule has 11 nitrogen and oxygen atoms in total. The SMILES string of the molecule is COc1ccc2c(c1)Oc1c(NCCCn3ccnc3)c(F)cc3c(=O)c(C(=O)NCCCn4ccnc4)cn-2c13. The van der Waals surface area contributed by atoms with Gasteiger partial charge in [0.25, 0.3) is 5.91 Å². The minimum Gasteiger partial charge on any atom is -0.497 e. The first-order valence-electron chi connectivity index (χ1n) is 13.2. The number of hydrogen-bond acceptors (Lipinski definition) is 7. The predicted molar refractivity (Wildman–Crippen MR) is 151 cm³/mol. The van der Waals surface area contributed by atoms with E-state index in [1.54, 1.807) is 47.8 Å². The van der Waals surface area contributed by atoms with Crippen LogP contribution in [-0.2, 0) is 13.1 Å². The van der Waals surface area contributed by atoms with Crippen LogP contribution in [0.2, 0.25) is 0 Å². The molecule has 210 valence electrons. The molecule has 41 heavy (non-hydrogen) atoms. The highest BCUT2D eigenvalue weighted by Crippen LogP contribution is 2.46. The first kappa shape index (κ1) is 26.1. The molecule has 0 saturated heterocycles. The van der Waals surface area contributed by atoms with Crippen molar-refractivity contribution in [2.45, 2.75) is 25.9 Å². The Bertz CT molecular complexity index is 1760. The number of ether oxygens (including phenoxy) is 2. The summed E-state index contributed by atoms with van der Waals surface area (Å²) >= 11 is 0. The van der Waals surface area contributed by atoms with Crippen LogP contribution in [0.4, 0.5) is 10.1 Å². The number of carbonyl (C=O) groups is 1. The fraction of sp³-hybridized carbons (Fsp3) is 0.241. The zero-order chi connectivity index (χ0) is 28.3. The fourth-order valence-corrected chi connectivity index (χ4v) is 4.93. The van der Waals surface area contributed by atoms with E-state index in [1.807, 2.05) is 21.5 Å². The molecule has 0 bridgehead atoms. The molecule has 0 radical (unpaired) electrons. The van der Waals surface area contributed by atoms with E-state index in [4.69, 9.17) is 9.47 Å². The second-order valence-electron chi connectivity index (χ2n) is 9.63. The van der Waals surface area contributed by atoms with Gasteiger partial charge < -0.3 is 33.8 Å². The van der Waals surface area contributed by atoms with E-state index >= 15 is 4.39 Å². The molecule has 4 heterocycles. The maximum absolute atomic E-state index is 15.6. The molecule has 0 spiro atoms. The monoisotopic (exact) mass is 557 g/mol. The molecular weight excluding hydrogens is 529 g/mol. The van der Waals surface area contributed by atoms with Gasteiger partial charge in [0.1, 0.15) is 22.5 Å². The largest absolute Gasteiger partial charge is 0.497 e. The van der Waals surface area contributed by atoms with E-state index in [0.717, 1.165) is 0 Å². The highest BCUT2D eigenvalue weighted by Gasteiger charge is 2.28. The Morgan fingerprint density at radius 1 is 1.05 bits per heavy atom. The van der Waals surface area contributed by atoms with Crippen LogP contribution in [0.3, 0.4) is 0 Å². The number of rotatable bonds is 11. The normalized spacial score (nSPS) is 11.7. The summed E-state index contributed by atoms with van der Waals surface area (Å²) < 4.78 is 32.7. The molecule has 1 aliphatic rings. The van der Waals surface area contributed by atoms with E-state index in [2.05, 4.69) is 20.6 Å². The van der Waals surface area contributed by atoms with Gasteiger partial charge in [0.15, 0.2) is 17.3 Å². The molecule has 12 heteroatoms. The number of hydrogen-bond donors (Lipinski definition) is 2. The molecule has 0 aliphatic carbocycles. The second-order valence-corrected chi connectivity index (χ2v) is 9.63. The number of nitrogens with one attached hydrogen (secondary N) is 2. The molecule has 0 atom stereocenters. The van der Waals surface area contributed by atoms with Gasteiger partial charge in [0, 0.05) is 63.2 Å². The molecule has 2 aromatic carbocycles. The van der Waals surface area contributed by atoms with Gasteiger partial charge in [-0.3, -0.25) is 9.59 Å². The average Bonchev–Trinajstić information content (AvgIpc) is 3.70. The molecule has 0 fully saturated rings. The van der Waals surface area contributed by atoms with Gasteiger partial charge >= 0.3 is 0 Å². The first-order chi connectivity index (χ1) is 20.0. The summed E-state index contributed by atoms with van der Waals surface area (Å²) in [4.78, 5) is 34.8. The zero-order valence-corrected chi connectivity index (χ0v) is 22.3. The highest BCUT2D eigenvalue weighted by molar-refractivity contribution is 6.01. The third-order valence-electron chi connectivity index (χ3n) is 6.97. The summed E-state index contributed by atoms with van der Waals surface area (Å²) in [6.45, 7) is 2.17. The summed E-state index contributed by atoms with van der Waals surface area (Å²) in [5.41, 5.74) is 0.449. The molecular formula is C29H28FN7O4. The van der Waals surface area contributed by atoms with Crippen LogP contribution in [0.5, 0.6) is 17.2 Å². The van der Waals surface area contributed by atoms with E-state index in [0.29, 0.717) is 61.7 Å². The van der Waals surface area contributed by atoms with Crippen molar-refractivity contribution in [1.82, 2.24) is 29.0 Å². The molecule has 1 amide bonds. The van der Waals surface area contributed by atoms with Gasteiger partial charge in [0.05, 0.1) is 30.8 Å². The summed E-state index contributed by atoms with van der Waals surface area (Å²) in [5, 5.41) is 6.01. The van der Waals surface area contributed by atoms with Crippen LogP contribution in [0, 0.1) is 5.82 Å². The summed E-state index contributed by atoms with van der Waals surface area (Å²) in [7, 11) is 1.54. The smallest absolute Gasteiger partial charge is 0.256 e. The third-order valence-corrected chi connectivity index (χ3v) is 6.97. The van der Waals surface area contributed by atoms with Crippen molar-refractivity contribution in [3.8, 4) is 22.9 Å². The molecule has 6 rings (SSSR count). The summed E-state index contributed by atoms with van der Waals surface area (Å²) in [5.74, 6) is -0.0561. The van der Waals surface area contributed by atoms with Crippen LogP contribution in [0.25, 0.3) is 16.6 Å². The number of methoxy groups -OCH3 is 1. The van der Waals surface area contributed by atoms with Crippen LogP contribution in [0.15, 0.2) is 72.7 Å². The molecule has 0 saturated carbocycles. The van der Waals surface area contributed by atoms with Gasteiger partial charge in [-0.15, -0.1) is 0 Å². The molecule has 3 aromatic heterocycles. The quantitative estimate of drug-likeness (QED) is 0.232. The van der Waals surface area contributed by atoms with Crippen LogP contribution >= 0.6 is 0 Å². The van der Waals surface area contributed by atoms with E-state index < -0.39 is 17.2 Å². The topological polar surface area (TPSA) is 117 Å². The second kappa shape index (κ2) is 11.2. The molecule has 5 aromatic rings. The Morgan fingerprint density at radius 2 is 1.78 bits per heavy atom. The van der Waals surface area contributed by atoms with Gasteiger partial charge in [0.2, 0.25) is 5.43 Å². The van der Waals surface area contributed by atoms with E-state index in [9.17, 15) is 9.59 Å².